The summed E-state index contributed by atoms with van der Waals surface area (Å²) in [6.07, 6.45) is 44.8. The topological polar surface area (TPSA) is 111 Å². The Morgan fingerprint density at radius 2 is 1.09 bits per heavy atom. The van der Waals surface area contributed by atoms with Crippen molar-refractivity contribution in [3.63, 3.8) is 0 Å². The van der Waals surface area contributed by atoms with Crippen LogP contribution in [0.2, 0.25) is 0 Å². The first-order valence-corrected chi connectivity index (χ1v) is 23.8. The number of likely N-dealkylation sites (N-methyl/N-ethyl adjacent to an activating group) is 1. The summed E-state index contributed by atoms with van der Waals surface area (Å²) >= 11 is 0. The fourth-order valence-corrected chi connectivity index (χ4v) is 6.61. The average molecular weight is 810 g/mol. The fourth-order valence-electron chi connectivity index (χ4n) is 5.89. The molecule has 0 aromatic rings. The number of phosphoric acid groups is 1. The van der Waals surface area contributed by atoms with Gasteiger partial charge in [-0.05, 0) is 51.4 Å². The summed E-state index contributed by atoms with van der Waals surface area (Å²) in [4.78, 5) is 37.4. The standard InChI is InChI=1S/C46H84NO8P/c1-6-8-10-12-14-16-18-20-22-23-25-26-28-30-32-34-36-38-45(48)52-42-44(43-54-56(50,51)53-41-40-47(3,4)5)55-46(49)39-37-35-33-31-29-27-24-21-19-17-15-13-11-9-7-2/h14,16,20,22,33,35,37,39,44H,6-13,15,17-19,21,23-32,34,36,38,40-43H2,1-5H3/b16-14+,22-20+,35-33+,39-37+/t44-/m1/s1. The Bertz CT molecular complexity index is 1100. The van der Waals surface area contributed by atoms with Gasteiger partial charge in [0.25, 0.3) is 7.82 Å². The molecule has 326 valence electrons. The number of hydrogen-bond acceptors (Lipinski definition) is 8. The zero-order valence-corrected chi connectivity index (χ0v) is 37.5. The number of hydrogen-bond donors (Lipinski definition) is 0. The summed E-state index contributed by atoms with van der Waals surface area (Å²) in [6.45, 7) is 4.06. The largest absolute Gasteiger partial charge is 0.756 e. The van der Waals surface area contributed by atoms with E-state index in [4.69, 9.17) is 18.5 Å². The number of ether oxygens (including phenoxy) is 2. The first-order chi connectivity index (χ1) is 27.0. The molecule has 0 saturated carbocycles. The van der Waals surface area contributed by atoms with Crippen LogP contribution < -0.4 is 4.89 Å². The van der Waals surface area contributed by atoms with E-state index < -0.39 is 32.5 Å². The minimum absolute atomic E-state index is 0.0489. The van der Waals surface area contributed by atoms with Gasteiger partial charge in [0.2, 0.25) is 0 Å². The molecule has 0 saturated heterocycles. The molecule has 0 radical (unpaired) electrons. The summed E-state index contributed by atoms with van der Waals surface area (Å²) in [5.74, 6) is -1.10. The molecule has 56 heavy (non-hydrogen) atoms. The summed E-state index contributed by atoms with van der Waals surface area (Å²) in [6, 6.07) is 0. The van der Waals surface area contributed by atoms with Gasteiger partial charge < -0.3 is 27.9 Å². The van der Waals surface area contributed by atoms with Gasteiger partial charge in [0.05, 0.1) is 27.7 Å². The van der Waals surface area contributed by atoms with Crippen LogP contribution in [0.4, 0.5) is 0 Å². The molecule has 0 aromatic heterocycles. The molecule has 9 nitrogen and oxygen atoms in total. The maximum atomic E-state index is 12.6. The lowest BCUT2D eigenvalue weighted by molar-refractivity contribution is -0.870. The molecule has 0 bridgehead atoms. The quantitative estimate of drug-likeness (QED) is 0.0114. The molecule has 0 aromatic carbocycles. The van der Waals surface area contributed by atoms with E-state index in [-0.39, 0.29) is 19.6 Å². The fraction of sp³-hybridized carbons (Fsp3) is 0.783. The van der Waals surface area contributed by atoms with Crippen molar-refractivity contribution in [2.45, 2.75) is 187 Å². The summed E-state index contributed by atoms with van der Waals surface area (Å²) in [7, 11) is 1.10. The summed E-state index contributed by atoms with van der Waals surface area (Å²) in [5.41, 5.74) is 0. The Kier molecular flexibility index (Phi) is 37.1. The maximum Gasteiger partial charge on any atom is 0.331 e. The average Bonchev–Trinajstić information content (AvgIpc) is 3.15. The van der Waals surface area contributed by atoms with E-state index in [1.54, 1.807) is 6.08 Å². The smallest absolute Gasteiger partial charge is 0.331 e. The van der Waals surface area contributed by atoms with Crippen LogP contribution in [0.25, 0.3) is 0 Å². The lowest BCUT2D eigenvalue weighted by Crippen LogP contribution is -2.37. The third kappa shape index (κ3) is 41.6. The Balaban J connectivity index is 4.45. The second-order valence-electron chi connectivity index (χ2n) is 16.1. The molecule has 2 atom stereocenters. The van der Waals surface area contributed by atoms with Crippen molar-refractivity contribution >= 4 is 19.8 Å². The Hall–Kier alpha value is -2.03. The van der Waals surface area contributed by atoms with Gasteiger partial charge in [-0.1, -0.05) is 166 Å². The van der Waals surface area contributed by atoms with Gasteiger partial charge in [-0.15, -0.1) is 0 Å². The van der Waals surface area contributed by atoms with E-state index in [1.165, 1.54) is 115 Å². The number of allylic oxidation sites excluding steroid dienone is 7. The maximum absolute atomic E-state index is 12.6. The van der Waals surface area contributed by atoms with Crippen LogP contribution in [0.3, 0.4) is 0 Å². The molecular weight excluding hydrogens is 725 g/mol. The predicted molar refractivity (Wildman–Crippen MR) is 231 cm³/mol. The number of carbonyl (C=O) groups excluding carboxylic acids is 2. The van der Waals surface area contributed by atoms with E-state index in [9.17, 15) is 19.0 Å². The van der Waals surface area contributed by atoms with E-state index >= 15 is 0 Å². The Morgan fingerprint density at radius 1 is 0.607 bits per heavy atom. The Morgan fingerprint density at radius 3 is 1.64 bits per heavy atom. The van der Waals surface area contributed by atoms with Gasteiger partial charge in [0.15, 0.2) is 6.10 Å². The minimum Gasteiger partial charge on any atom is -0.756 e. The molecule has 0 aliphatic carbocycles. The highest BCUT2D eigenvalue weighted by Crippen LogP contribution is 2.38. The van der Waals surface area contributed by atoms with Crippen molar-refractivity contribution in [1.29, 1.82) is 0 Å². The van der Waals surface area contributed by atoms with Gasteiger partial charge in [-0.2, -0.15) is 0 Å². The minimum atomic E-state index is -4.65. The van der Waals surface area contributed by atoms with Gasteiger partial charge in [-0.25, -0.2) is 4.79 Å². The molecule has 10 heteroatoms. The molecule has 0 heterocycles. The lowest BCUT2D eigenvalue weighted by Gasteiger charge is -2.28. The van der Waals surface area contributed by atoms with Crippen LogP contribution in [0.15, 0.2) is 48.6 Å². The third-order valence-electron chi connectivity index (χ3n) is 9.43. The summed E-state index contributed by atoms with van der Waals surface area (Å²) < 4.78 is 33.7. The number of rotatable bonds is 40. The molecule has 1 unspecified atom stereocenters. The molecule has 0 aliphatic heterocycles. The van der Waals surface area contributed by atoms with E-state index in [1.807, 2.05) is 33.3 Å². The molecular formula is C46H84NO8P. The number of nitrogens with zero attached hydrogens (tertiary/aromatic N) is 1. The van der Waals surface area contributed by atoms with E-state index in [0.717, 1.165) is 44.9 Å². The second-order valence-corrected chi connectivity index (χ2v) is 17.5. The number of phosphoric ester groups is 1. The molecule has 0 aliphatic rings. The Labute approximate surface area is 343 Å². The van der Waals surface area contributed by atoms with Gasteiger partial charge >= 0.3 is 11.9 Å². The van der Waals surface area contributed by atoms with Crippen molar-refractivity contribution in [3.05, 3.63) is 48.6 Å². The second kappa shape index (κ2) is 38.5. The zero-order chi connectivity index (χ0) is 41.4. The molecule has 0 fully saturated rings. The third-order valence-corrected chi connectivity index (χ3v) is 10.4. The zero-order valence-electron chi connectivity index (χ0n) is 36.6. The molecule has 0 spiro atoms. The van der Waals surface area contributed by atoms with Gasteiger partial charge in [0.1, 0.15) is 19.8 Å². The number of quaternary nitrogens is 1. The van der Waals surface area contributed by atoms with Gasteiger partial charge in [0, 0.05) is 12.5 Å². The number of esters is 2. The number of carbonyl (C=O) groups is 2. The van der Waals surface area contributed by atoms with E-state index in [0.29, 0.717) is 17.4 Å². The van der Waals surface area contributed by atoms with Crippen molar-refractivity contribution in [2.75, 3.05) is 47.5 Å². The first kappa shape index (κ1) is 54.0. The van der Waals surface area contributed by atoms with Crippen LogP contribution in [0.1, 0.15) is 181 Å². The van der Waals surface area contributed by atoms with E-state index in [2.05, 4.69) is 38.2 Å². The highest BCUT2D eigenvalue weighted by Gasteiger charge is 2.21. The predicted octanol–water partition coefficient (Wildman–Crippen LogP) is 12.1. The normalized spacial score (nSPS) is 14.0. The monoisotopic (exact) mass is 810 g/mol. The molecule has 0 amide bonds. The first-order valence-electron chi connectivity index (χ1n) is 22.4. The SMILES string of the molecule is CCCCC/C=C/C/C=C/CCCCCCCCCC(=O)OC[C@H](COP(=O)([O-])OCC[N+](C)(C)C)OC(=O)/C=C/C=C/CCCCCCCCCCCCC. The van der Waals surface area contributed by atoms with Crippen LogP contribution in [-0.2, 0) is 32.7 Å². The van der Waals surface area contributed by atoms with Crippen molar-refractivity contribution < 1.29 is 42.1 Å². The van der Waals surface area contributed by atoms with Crippen molar-refractivity contribution in [1.82, 2.24) is 0 Å². The van der Waals surface area contributed by atoms with Crippen LogP contribution in [0.5, 0.6) is 0 Å². The van der Waals surface area contributed by atoms with Gasteiger partial charge in [-0.3, -0.25) is 9.36 Å². The molecule has 0 N–H and O–H groups in total. The molecule has 0 rings (SSSR count). The highest BCUT2D eigenvalue weighted by atomic mass is 31.2. The van der Waals surface area contributed by atoms with Crippen LogP contribution in [-0.4, -0.2) is 70.0 Å². The lowest BCUT2D eigenvalue weighted by atomic mass is 10.1. The van der Waals surface area contributed by atoms with Crippen LogP contribution in [0, 0.1) is 0 Å². The summed E-state index contributed by atoms with van der Waals surface area (Å²) in [5, 5.41) is 0. The van der Waals surface area contributed by atoms with Crippen molar-refractivity contribution in [3.8, 4) is 0 Å². The highest BCUT2D eigenvalue weighted by molar-refractivity contribution is 7.45. The number of unbranched alkanes of at least 4 members (excludes halogenated alkanes) is 21. The van der Waals surface area contributed by atoms with Crippen molar-refractivity contribution in [2.24, 2.45) is 0 Å². The van der Waals surface area contributed by atoms with Crippen LogP contribution >= 0.6 is 7.82 Å².